The first-order chi connectivity index (χ1) is 14.9. The summed E-state index contributed by atoms with van der Waals surface area (Å²) >= 11 is 7.31. The molecule has 0 aromatic heterocycles. The second-order valence-electron chi connectivity index (χ2n) is 7.52. The molecule has 3 aromatic carbocycles. The molecule has 3 nitrogen and oxygen atoms in total. The van der Waals surface area contributed by atoms with E-state index in [-0.39, 0.29) is 11.8 Å². The molecule has 0 bridgehead atoms. The Morgan fingerprint density at radius 1 is 0.839 bits per heavy atom. The topological polar surface area (TPSA) is 37.4 Å². The highest BCUT2D eigenvalue weighted by Gasteiger charge is 2.40. The van der Waals surface area contributed by atoms with Crippen molar-refractivity contribution in [2.24, 2.45) is 0 Å². The van der Waals surface area contributed by atoms with Gasteiger partial charge in [-0.1, -0.05) is 60.6 Å². The van der Waals surface area contributed by atoms with Crippen LogP contribution >= 0.6 is 23.4 Å². The van der Waals surface area contributed by atoms with E-state index in [2.05, 4.69) is 6.92 Å². The number of amides is 2. The molecule has 0 radical (unpaired) electrons. The number of nitrogens with zero attached hydrogens (tertiary/aromatic N) is 1. The molecule has 0 N–H and O–H groups in total. The summed E-state index contributed by atoms with van der Waals surface area (Å²) in [7, 11) is 0. The average molecular weight is 448 g/mol. The molecule has 1 aliphatic rings. The van der Waals surface area contributed by atoms with Crippen molar-refractivity contribution in [1.29, 1.82) is 0 Å². The third kappa shape index (κ3) is 4.18. The summed E-state index contributed by atoms with van der Waals surface area (Å²) in [4.78, 5) is 29.6. The fourth-order valence-electron chi connectivity index (χ4n) is 3.49. The number of carbonyl (C=O) groups is 2. The number of aryl methyl sites for hydroxylation is 3. The van der Waals surface area contributed by atoms with Gasteiger partial charge >= 0.3 is 0 Å². The Hall–Kier alpha value is -2.82. The van der Waals surface area contributed by atoms with Gasteiger partial charge in [-0.25, -0.2) is 4.90 Å². The molecule has 2 amide bonds. The zero-order chi connectivity index (χ0) is 22.1. The number of benzene rings is 3. The number of halogens is 1. The van der Waals surface area contributed by atoms with E-state index >= 15 is 0 Å². The lowest BCUT2D eigenvalue weighted by atomic mass is 10.0. The predicted molar refractivity (Wildman–Crippen MR) is 128 cm³/mol. The number of anilines is 1. The highest BCUT2D eigenvalue weighted by Crippen LogP contribution is 2.42. The number of rotatable bonds is 5. The summed E-state index contributed by atoms with van der Waals surface area (Å²) in [6, 6.07) is 20.7. The second kappa shape index (κ2) is 8.74. The molecular weight excluding hydrogens is 426 g/mol. The van der Waals surface area contributed by atoms with Gasteiger partial charge in [0.05, 0.1) is 16.2 Å². The van der Waals surface area contributed by atoms with Crippen LogP contribution in [0.2, 0.25) is 5.02 Å². The van der Waals surface area contributed by atoms with Crippen molar-refractivity contribution in [2.45, 2.75) is 32.1 Å². The molecule has 0 atom stereocenters. The number of hydrogen-bond acceptors (Lipinski definition) is 3. The number of carbonyl (C=O) groups excluding carboxylic acids is 2. The molecule has 0 fully saturated rings. The molecule has 0 aliphatic carbocycles. The van der Waals surface area contributed by atoms with Crippen molar-refractivity contribution in [2.75, 3.05) is 4.90 Å². The molecule has 5 heteroatoms. The molecule has 0 spiro atoms. The van der Waals surface area contributed by atoms with E-state index in [9.17, 15) is 9.59 Å². The summed E-state index contributed by atoms with van der Waals surface area (Å²) in [5.41, 5.74) is 5.14. The molecule has 3 aromatic rings. The standard InChI is InChI=1S/C26H22ClNO2S/c1-4-18-6-11-21(12-7-18)28-25(29)23(19-8-5-16(2)17(3)15-19)24(26(28)30)31-22-13-9-20(27)10-14-22/h5-15H,4H2,1-3H3. The van der Waals surface area contributed by atoms with E-state index in [1.807, 2.05) is 68.4 Å². The van der Waals surface area contributed by atoms with Gasteiger partial charge in [0.15, 0.2) is 0 Å². The quantitative estimate of drug-likeness (QED) is 0.413. The summed E-state index contributed by atoms with van der Waals surface area (Å²) in [6.45, 7) is 6.11. The average Bonchev–Trinajstić information content (AvgIpc) is 3.01. The van der Waals surface area contributed by atoms with Crippen LogP contribution in [-0.2, 0) is 16.0 Å². The fraction of sp³-hybridized carbons (Fsp3) is 0.154. The van der Waals surface area contributed by atoms with Crippen molar-refractivity contribution in [1.82, 2.24) is 0 Å². The van der Waals surface area contributed by atoms with Crippen LogP contribution in [0.15, 0.2) is 76.5 Å². The number of imide groups is 1. The lowest BCUT2D eigenvalue weighted by molar-refractivity contribution is -0.119. The van der Waals surface area contributed by atoms with Gasteiger partial charge in [-0.15, -0.1) is 0 Å². The number of hydrogen-bond donors (Lipinski definition) is 0. The van der Waals surface area contributed by atoms with Gasteiger partial charge in [0.1, 0.15) is 0 Å². The first-order valence-corrected chi connectivity index (χ1v) is 11.3. The van der Waals surface area contributed by atoms with Crippen molar-refractivity contribution in [3.63, 3.8) is 0 Å². The Bertz CT molecular complexity index is 1200. The van der Waals surface area contributed by atoms with E-state index in [0.29, 0.717) is 21.2 Å². The normalized spacial score (nSPS) is 14.0. The highest BCUT2D eigenvalue weighted by molar-refractivity contribution is 8.04. The SMILES string of the molecule is CCc1ccc(N2C(=O)C(Sc3ccc(Cl)cc3)=C(c3ccc(C)c(C)c3)C2=O)cc1. The van der Waals surface area contributed by atoms with Crippen LogP contribution in [0.4, 0.5) is 5.69 Å². The van der Waals surface area contributed by atoms with Crippen LogP contribution in [-0.4, -0.2) is 11.8 Å². The Balaban J connectivity index is 1.81. The molecule has 1 heterocycles. The van der Waals surface area contributed by atoms with Crippen LogP contribution in [0.1, 0.15) is 29.2 Å². The maximum atomic E-state index is 13.5. The maximum Gasteiger partial charge on any atom is 0.272 e. The Morgan fingerprint density at radius 3 is 2.13 bits per heavy atom. The molecule has 0 saturated heterocycles. The van der Waals surface area contributed by atoms with Gasteiger partial charge in [0.2, 0.25) is 0 Å². The van der Waals surface area contributed by atoms with Crippen LogP contribution in [0.5, 0.6) is 0 Å². The molecule has 31 heavy (non-hydrogen) atoms. The van der Waals surface area contributed by atoms with Crippen molar-refractivity contribution >= 4 is 46.4 Å². The van der Waals surface area contributed by atoms with Crippen molar-refractivity contribution in [3.05, 3.63) is 98.9 Å². The Labute approximate surface area is 191 Å². The zero-order valence-electron chi connectivity index (χ0n) is 17.6. The molecular formula is C26H22ClNO2S. The minimum absolute atomic E-state index is 0.297. The molecule has 4 rings (SSSR count). The van der Waals surface area contributed by atoms with Crippen LogP contribution in [0, 0.1) is 13.8 Å². The van der Waals surface area contributed by atoms with Crippen LogP contribution in [0.3, 0.4) is 0 Å². The lowest BCUT2D eigenvalue weighted by Gasteiger charge is -2.16. The minimum Gasteiger partial charge on any atom is -0.268 e. The van der Waals surface area contributed by atoms with Gasteiger partial charge in [0.25, 0.3) is 11.8 Å². The summed E-state index contributed by atoms with van der Waals surface area (Å²) in [5.74, 6) is -0.601. The molecule has 1 aliphatic heterocycles. The Morgan fingerprint density at radius 2 is 1.52 bits per heavy atom. The molecule has 0 unspecified atom stereocenters. The summed E-state index contributed by atoms with van der Waals surface area (Å²) < 4.78 is 0. The first kappa shape index (κ1) is 21.4. The van der Waals surface area contributed by atoms with Crippen LogP contribution in [0.25, 0.3) is 5.57 Å². The van der Waals surface area contributed by atoms with Gasteiger partial charge in [0, 0.05) is 9.92 Å². The first-order valence-electron chi connectivity index (χ1n) is 10.1. The third-order valence-electron chi connectivity index (χ3n) is 5.47. The lowest BCUT2D eigenvalue weighted by Crippen LogP contribution is -2.31. The predicted octanol–water partition coefficient (Wildman–Crippen LogP) is 6.60. The minimum atomic E-state index is -0.303. The fourth-order valence-corrected chi connectivity index (χ4v) is 4.61. The number of thioether (sulfide) groups is 1. The van der Waals surface area contributed by atoms with Gasteiger partial charge < -0.3 is 0 Å². The van der Waals surface area contributed by atoms with E-state index in [0.717, 1.165) is 33.6 Å². The largest absolute Gasteiger partial charge is 0.272 e. The summed E-state index contributed by atoms with van der Waals surface area (Å²) in [5, 5.41) is 0.624. The van der Waals surface area contributed by atoms with Gasteiger partial charge in [-0.3, -0.25) is 9.59 Å². The molecule has 0 saturated carbocycles. The van der Waals surface area contributed by atoms with Crippen molar-refractivity contribution < 1.29 is 9.59 Å². The van der Waals surface area contributed by atoms with E-state index in [1.165, 1.54) is 16.7 Å². The van der Waals surface area contributed by atoms with Gasteiger partial charge in [-0.2, -0.15) is 0 Å². The smallest absolute Gasteiger partial charge is 0.268 e. The zero-order valence-corrected chi connectivity index (χ0v) is 19.2. The van der Waals surface area contributed by atoms with Crippen LogP contribution < -0.4 is 4.90 Å². The monoisotopic (exact) mass is 447 g/mol. The summed E-state index contributed by atoms with van der Waals surface area (Å²) in [6.07, 6.45) is 0.895. The highest BCUT2D eigenvalue weighted by atomic mass is 35.5. The second-order valence-corrected chi connectivity index (χ2v) is 9.05. The maximum absolute atomic E-state index is 13.5. The van der Waals surface area contributed by atoms with E-state index in [1.54, 1.807) is 12.1 Å². The van der Waals surface area contributed by atoms with Crippen molar-refractivity contribution in [3.8, 4) is 0 Å². The Kier molecular flexibility index (Phi) is 6.03. The molecule has 156 valence electrons. The third-order valence-corrected chi connectivity index (χ3v) is 6.82. The van der Waals surface area contributed by atoms with E-state index in [4.69, 9.17) is 11.6 Å². The van der Waals surface area contributed by atoms with Gasteiger partial charge in [-0.05, 0) is 78.9 Å². The van der Waals surface area contributed by atoms with E-state index < -0.39 is 0 Å².